The second-order valence-corrected chi connectivity index (χ2v) is 11.6. The van der Waals surface area contributed by atoms with Crippen LogP contribution < -0.4 is 11.1 Å². The minimum Gasteiger partial charge on any atom is -0.451 e. The Morgan fingerprint density at radius 3 is 2.35 bits per heavy atom. The van der Waals surface area contributed by atoms with Crippen molar-refractivity contribution in [3.63, 3.8) is 0 Å². The molecule has 1 aromatic rings. The van der Waals surface area contributed by atoms with Gasteiger partial charge in [-0.3, -0.25) is 14.4 Å². The first-order chi connectivity index (χ1) is 16.1. The van der Waals surface area contributed by atoms with Crippen molar-refractivity contribution in [3.05, 3.63) is 17.0 Å². The third-order valence-electron chi connectivity index (χ3n) is 8.13. The summed E-state index contributed by atoms with van der Waals surface area (Å²) in [4.78, 5) is 52.4. The van der Waals surface area contributed by atoms with E-state index < -0.39 is 41.4 Å². The molecule has 5 fully saturated rings. The van der Waals surface area contributed by atoms with E-state index in [0.717, 1.165) is 30.6 Å². The van der Waals surface area contributed by atoms with Crippen molar-refractivity contribution in [1.29, 1.82) is 0 Å². The highest BCUT2D eigenvalue weighted by atomic mass is 32.1. The SMILES string of the molecule is C[C@@H](OC(=O)[C@@H]1C[C@H](O)CN1C(=O)C12CC3CC(CC(C3)C1)C2)C(=O)Nc1sccc1C(N)=O. The highest BCUT2D eigenvalue weighted by Gasteiger charge is 2.57. The summed E-state index contributed by atoms with van der Waals surface area (Å²) in [5.74, 6) is -0.251. The number of aliphatic hydroxyl groups excluding tert-OH is 1. The topological polar surface area (TPSA) is 139 Å². The zero-order valence-corrected chi connectivity index (χ0v) is 20.0. The average Bonchev–Trinajstić information content (AvgIpc) is 3.38. The molecule has 1 aliphatic heterocycles. The minimum absolute atomic E-state index is 0.0353. The smallest absolute Gasteiger partial charge is 0.329 e. The largest absolute Gasteiger partial charge is 0.451 e. The van der Waals surface area contributed by atoms with Crippen molar-refractivity contribution in [2.24, 2.45) is 28.9 Å². The van der Waals surface area contributed by atoms with Gasteiger partial charge in [0, 0.05) is 13.0 Å². The van der Waals surface area contributed by atoms with E-state index in [-0.39, 0.29) is 29.4 Å². The number of anilines is 1. The fourth-order valence-electron chi connectivity index (χ4n) is 7.06. The van der Waals surface area contributed by atoms with Crippen LogP contribution in [0.5, 0.6) is 0 Å². The molecule has 0 aromatic carbocycles. The molecule has 6 rings (SSSR count). The van der Waals surface area contributed by atoms with Gasteiger partial charge in [-0.25, -0.2) is 4.79 Å². The lowest BCUT2D eigenvalue weighted by atomic mass is 9.49. The highest BCUT2D eigenvalue weighted by Crippen LogP contribution is 2.60. The lowest BCUT2D eigenvalue weighted by molar-refractivity contribution is -0.168. The number of aliphatic hydroxyl groups is 1. The Labute approximate surface area is 202 Å². The van der Waals surface area contributed by atoms with Crippen LogP contribution in [0.1, 0.15) is 62.2 Å². The average molecular weight is 490 g/mol. The standard InChI is InChI=1S/C24H31N3O6S/c1-12(20(30)26-21-17(19(25)29)2-3-34-21)33-22(31)18-7-16(28)11-27(18)23(32)24-8-13-4-14(9-24)6-15(5-13)10-24/h2-3,12-16,18,28H,4-11H2,1H3,(H2,25,29)(H,26,30)/t12-,13?,14?,15?,16+,18+,24?/m1/s1. The summed E-state index contributed by atoms with van der Waals surface area (Å²) in [5.41, 5.74) is 5.07. The summed E-state index contributed by atoms with van der Waals surface area (Å²) in [6.07, 6.45) is 4.37. The number of primary amides is 1. The van der Waals surface area contributed by atoms with Crippen LogP contribution in [0, 0.1) is 23.2 Å². The van der Waals surface area contributed by atoms with Crippen molar-refractivity contribution < 1.29 is 29.0 Å². The van der Waals surface area contributed by atoms with Crippen LogP contribution in [0.25, 0.3) is 0 Å². The summed E-state index contributed by atoms with van der Waals surface area (Å²) in [6.45, 7) is 1.54. The number of carbonyl (C=O) groups excluding carboxylic acids is 4. The minimum atomic E-state index is -1.15. The number of hydrogen-bond acceptors (Lipinski definition) is 7. The van der Waals surface area contributed by atoms with Crippen LogP contribution in [0.2, 0.25) is 0 Å². The van der Waals surface area contributed by atoms with Gasteiger partial charge in [-0.05, 0) is 74.6 Å². The van der Waals surface area contributed by atoms with Gasteiger partial charge in [0.2, 0.25) is 5.91 Å². The number of rotatable bonds is 6. The third kappa shape index (κ3) is 4.11. The molecule has 0 unspecified atom stereocenters. The van der Waals surface area contributed by atoms with E-state index in [1.807, 2.05) is 0 Å². The Morgan fingerprint density at radius 1 is 1.15 bits per heavy atom. The molecular weight excluding hydrogens is 458 g/mol. The van der Waals surface area contributed by atoms with E-state index in [1.54, 1.807) is 5.38 Å². The summed E-state index contributed by atoms with van der Waals surface area (Å²) >= 11 is 1.14. The zero-order chi connectivity index (χ0) is 24.2. The molecule has 4 N–H and O–H groups in total. The van der Waals surface area contributed by atoms with E-state index in [9.17, 15) is 24.3 Å². The van der Waals surface area contributed by atoms with Crippen LogP contribution in [0.15, 0.2) is 11.4 Å². The second kappa shape index (κ2) is 8.64. The summed E-state index contributed by atoms with van der Waals surface area (Å²) in [7, 11) is 0. The molecule has 9 nitrogen and oxygen atoms in total. The highest BCUT2D eigenvalue weighted by molar-refractivity contribution is 7.14. The Morgan fingerprint density at radius 2 is 1.76 bits per heavy atom. The Hall–Kier alpha value is -2.46. The maximum atomic E-state index is 13.8. The number of nitrogens with one attached hydrogen (secondary N) is 1. The van der Waals surface area contributed by atoms with Gasteiger partial charge in [-0.2, -0.15) is 0 Å². The summed E-state index contributed by atoms with van der Waals surface area (Å²) < 4.78 is 5.43. The molecule has 1 aromatic heterocycles. The predicted octanol–water partition coefficient (Wildman–Crippen LogP) is 1.90. The second-order valence-electron chi connectivity index (χ2n) is 10.7. The van der Waals surface area contributed by atoms with Crippen molar-refractivity contribution in [1.82, 2.24) is 4.90 Å². The van der Waals surface area contributed by atoms with Gasteiger partial charge >= 0.3 is 5.97 Å². The fraction of sp³-hybridized carbons (Fsp3) is 0.667. The monoisotopic (exact) mass is 489 g/mol. The van der Waals surface area contributed by atoms with Crippen LogP contribution in [0.4, 0.5) is 5.00 Å². The van der Waals surface area contributed by atoms with Crippen molar-refractivity contribution in [2.45, 2.75) is 70.1 Å². The Kier molecular flexibility index (Phi) is 5.92. The van der Waals surface area contributed by atoms with E-state index in [1.165, 1.54) is 37.2 Å². The van der Waals surface area contributed by atoms with Gasteiger partial charge in [-0.1, -0.05) is 0 Å². The first-order valence-electron chi connectivity index (χ1n) is 12.0. The van der Waals surface area contributed by atoms with E-state index in [0.29, 0.717) is 17.8 Å². The predicted molar refractivity (Wildman–Crippen MR) is 124 cm³/mol. The number of hydrogen-bond donors (Lipinski definition) is 3. The van der Waals surface area contributed by atoms with Crippen LogP contribution in [-0.2, 0) is 19.1 Å². The lowest BCUT2D eigenvalue weighted by Crippen LogP contribution is -2.56. The van der Waals surface area contributed by atoms with Gasteiger partial charge in [0.15, 0.2) is 6.10 Å². The van der Waals surface area contributed by atoms with Gasteiger partial charge in [-0.15, -0.1) is 11.3 Å². The number of esters is 1. The first kappa shape index (κ1) is 23.3. The van der Waals surface area contributed by atoms with Gasteiger partial charge in [0.1, 0.15) is 11.0 Å². The lowest BCUT2D eigenvalue weighted by Gasteiger charge is -2.56. The number of nitrogens with two attached hydrogens (primary N) is 1. The van der Waals surface area contributed by atoms with Crippen molar-refractivity contribution >= 4 is 40.0 Å². The maximum Gasteiger partial charge on any atom is 0.329 e. The fourth-order valence-corrected chi connectivity index (χ4v) is 7.85. The number of likely N-dealkylation sites (tertiary alicyclic amines) is 1. The number of β-amino-alcohol motifs (C(OH)–C–C–N with tert-alkyl or cyclic N) is 1. The molecule has 4 aliphatic carbocycles. The Bertz CT molecular complexity index is 987. The molecule has 10 heteroatoms. The molecule has 184 valence electrons. The van der Waals surface area contributed by atoms with Crippen LogP contribution in [-0.4, -0.2) is 58.5 Å². The number of ether oxygens (including phenoxy) is 1. The van der Waals surface area contributed by atoms with E-state index in [4.69, 9.17) is 10.5 Å². The van der Waals surface area contributed by atoms with Crippen molar-refractivity contribution in [2.75, 3.05) is 11.9 Å². The molecule has 4 saturated carbocycles. The summed E-state index contributed by atoms with van der Waals surface area (Å²) in [6, 6.07) is 0.598. The zero-order valence-electron chi connectivity index (χ0n) is 19.2. The number of amides is 3. The van der Waals surface area contributed by atoms with E-state index in [2.05, 4.69) is 5.32 Å². The van der Waals surface area contributed by atoms with Crippen LogP contribution in [0.3, 0.4) is 0 Å². The Balaban J connectivity index is 1.25. The molecule has 0 spiro atoms. The molecule has 2 heterocycles. The van der Waals surface area contributed by atoms with Crippen molar-refractivity contribution in [3.8, 4) is 0 Å². The van der Waals surface area contributed by atoms with E-state index >= 15 is 0 Å². The first-order valence-corrected chi connectivity index (χ1v) is 12.9. The molecular formula is C24H31N3O6S. The van der Waals surface area contributed by atoms with Gasteiger partial charge in [0.05, 0.1) is 17.1 Å². The van der Waals surface area contributed by atoms with Gasteiger partial charge < -0.3 is 25.8 Å². The van der Waals surface area contributed by atoms with Gasteiger partial charge in [0.25, 0.3) is 11.8 Å². The maximum absolute atomic E-state index is 13.8. The third-order valence-corrected chi connectivity index (χ3v) is 8.96. The molecule has 34 heavy (non-hydrogen) atoms. The van der Waals surface area contributed by atoms with Crippen LogP contribution >= 0.6 is 11.3 Å². The molecule has 3 amide bonds. The molecule has 3 atom stereocenters. The number of nitrogens with zero attached hydrogens (tertiary/aromatic N) is 1. The quantitative estimate of drug-likeness (QED) is 0.522. The number of thiophene rings is 1. The molecule has 5 aliphatic rings. The molecule has 1 saturated heterocycles. The molecule has 4 bridgehead atoms. The normalized spacial score (nSPS) is 34.6. The number of carbonyl (C=O) groups is 4. The molecule has 0 radical (unpaired) electrons. The summed E-state index contributed by atoms with van der Waals surface area (Å²) in [5, 5.41) is 14.8.